The lowest BCUT2D eigenvalue weighted by Crippen LogP contribution is -2.23. The molecule has 0 bridgehead atoms. The van der Waals surface area contributed by atoms with Crippen molar-refractivity contribution < 1.29 is 17.6 Å². The fourth-order valence-electron chi connectivity index (χ4n) is 3.21. The third-order valence-electron chi connectivity index (χ3n) is 5.14. The smallest absolute Gasteiger partial charge is 0.274 e. The lowest BCUT2D eigenvalue weighted by Gasteiger charge is -2.14. The number of hydrogen-bond donors (Lipinski definition) is 2. The molecule has 0 fully saturated rings. The number of anilines is 1. The highest BCUT2D eigenvalue weighted by molar-refractivity contribution is 7.89. The van der Waals surface area contributed by atoms with Crippen LogP contribution in [0, 0.1) is 19.7 Å². The van der Waals surface area contributed by atoms with Crippen LogP contribution >= 0.6 is 0 Å². The van der Waals surface area contributed by atoms with Gasteiger partial charge in [-0.1, -0.05) is 6.07 Å². The van der Waals surface area contributed by atoms with Crippen LogP contribution in [0.15, 0.2) is 52.2 Å². The molecule has 0 spiro atoms. The molecule has 3 rings (SSSR count). The summed E-state index contributed by atoms with van der Waals surface area (Å²) in [5, 5.41) is 5.68. The van der Waals surface area contributed by atoms with Crippen molar-refractivity contribution in [2.24, 2.45) is 0 Å². The van der Waals surface area contributed by atoms with E-state index in [9.17, 15) is 22.4 Å². The molecule has 170 valence electrons. The van der Waals surface area contributed by atoms with E-state index in [0.717, 1.165) is 4.31 Å². The lowest BCUT2D eigenvalue weighted by atomic mass is 10.1. The quantitative estimate of drug-likeness (QED) is 0.566. The number of nitrogens with one attached hydrogen (secondary N) is 2. The summed E-state index contributed by atoms with van der Waals surface area (Å²) in [4.78, 5) is 25.4. The predicted molar refractivity (Wildman–Crippen MR) is 120 cm³/mol. The molecule has 8 nitrogen and oxygen atoms in total. The highest BCUT2D eigenvalue weighted by Gasteiger charge is 2.19. The van der Waals surface area contributed by atoms with Gasteiger partial charge >= 0.3 is 0 Å². The monoisotopic (exact) mass is 460 g/mol. The van der Waals surface area contributed by atoms with Crippen LogP contribution in [0.5, 0.6) is 0 Å². The maximum absolute atomic E-state index is 13.2. The molecule has 0 aliphatic rings. The van der Waals surface area contributed by atoms with Crippen molar-refractivity contribution >= 4 is 21.6 Å². The van der Waals surface area contributed by atoms with Crippen molar-refractivity contribution in [2.45, 2.75) is 31.6 Å². The van der Waals surface area contributed by atoms with Gasteiger partial charge in [-0.05, 0) is 62.2 Å². The minimum absolute atomic E-state index is 0.0292. The molecular formula is C22H25FN4O4S. The molecule has 3 aromatic rings. The van der Waals surface area contributed by atoms with E-state index < -0.39 is 15.8 Å². The van der Waals surface area contributed by atoms with Gasteiger partial charge in [0.15, 0.2) is 0 Å². The highest BCUT2D eigenvalue weighted by atomic mass is 32.2. The number of nitrogens with zero attached hydrogens (tertiary/aromatic N) is 2. The average molecular weight is 461 g/mol. The Kier molecular flexibility index (Phi) is 6.65. The van der Waals surface area contributed by atoms with E-state index in [0.29, 0.717) is 28.2 Å². The number of sulfonamides is 1. The number of aromatic nitrogens is 2. The van der Waals surface area contributed by atoms with E-state index in [1.165, 1.54) is 55.2 Å². The number of aromatic amines is 1. The summed E-state index contributed by atoms with van der Waals surface area (Å²) in [7, 11) is -0.763. The zero-order valence-corrected chi connectivity index (χ0v) is 19.1. The number of hydrogen-bond acceptors (Lipinski definition) is 4. The number of halogens is 1. The Bertz CT molecular complexity index is 1310. The second-order valence-electron chi connectivity index (χ2n) is 7.64. The van der Waals surface area contributed by atoms with Crippen molar-refractivity contribution in [3.05, 3.63) is 75.5 Å². The first-order valence-corrected chi connectivity index (χ1v) is 11.3. The van der Waals surface area contributed by atoms with Crippen LogP contribution < -0.4 is 10.9 Å². The van der Waals surface area contributed by atoms with Gasteiger partial charge in [0, 0.05) is 37.5 Å². The lowest BCUT2D eigenvalue weighted by molar-refractivity contribution is -0.116. The van der Waals surface area contributed by atoms with Gasteiger partial charge < -0.3 is 5.32 Å². The first-order valence-electron chi connectivity index (χ1n) is 9.90. The normalized spacial score (nSPS) is 11.7. The summed E-state index contributed by atoms with van der Waals surface area (Å²) in [6.45, 7) is 3.49. The largest absolute Gasteiger partial charge is 0.326 e. The van der Waals surface area contributed by atoms with Gasteiger partial charge in [0.1, 0.15) is 5.82 Å². The van der Waals surface area contributed by atoms with Gasteiger partial charge in [-0.15, -0.1) is 0 Å². The van der Waals surface area contributed by atoms with E-state index in [1.807, 2.05) is 0 Å². The van der Waals surface area contributed by atoms with E-state index in [2.05, 4.69) is 10.4 Å². The first kappa shape index (κ1) is 23.4. The Morgan fingerprint density at radius 1 is 1.12 bits per heavy atom. The average Bonchev–Trinajstić information content (AvgIpc) is 3.02. The molecule has 1 amide bonds. The van der Waals surface area contributed by atoms with E-state index in [1.54, 1.807) is 19.9 Å². The molecular weight excluding hydrogens is 435 g/mol. The van der Waals surface area contributed by atoms with Crippen LogP contribution in [-0.2, 0) is 21.2 Å². The molecule has 0 radical (unpaired) electrons. The van der Waals surface area contributed by atoms with E-state index in [-0.39, 0.29) is 29.2 Å². The van der Waals surface area contributed by atoms with Gasteiger partial charge in [-0.2, -0.15) is 0 Å². The van der Waals surface area contributed by atoms with Crippen molar-refractivity contribution in [1.29, 1.82) is 0 Å². The minimum Gasteiger partial charge on any atom is -0.326 e. The highest BCUT2D eigenvalue weighted by Crippen LogP contribution is 2.22. The summed E-state index contributed by atoms with van der Waals surface area (Å²) in [6, 6.07) is 10.0. The first-order chi connectivity index (χ1) is 15.0. The molecule has 0 atom stereocenters. The van der Waals surface area contributed by atoms with Crippen LogP contribution in [0.2, 0.25) is 0 Å². The molecule has 2 N–H and O–H groups in total. The van der Waals surface area contributed by atoms with E-state index in [4.69, 9.17) is 0 Å². The predicted octanol–water partition coefficient (Wildman–Crippen LogP) is 2.74. The maximum Gasteiger partial charge on any atom is 0.274 e. The molecule has 32 heavy (non-hydrogen) atoms. The van der Waals surface area contributed by atoms with Crippen molar-refractivity contribution in [3.8, 4) is 5.69 Å². The van der Waals surface area contributed by atoms with Crippen LogP contribution in [0.3, 0.4) is 0 Å². The topological polar surface area (TPSA) is 104 Å². The molecule has 0 unspecified atom stereocenters. The number of rotatable bonds is 7. The second kappa shape index (κ2) is 9.09. The SMILES string of the molecule is Cc1ccc(S(=O)(=O)N(C)C)cc1NC(=O)CCc1c(C)[nH]n(-c2ccc(F)cc2)c1=O. The van der Waals surface area contributed by atoms with Crippen LogP contribution in [-0.4, -0.2) is 42.5 Å². The molecule has 0 saturated carbocycles. The zero-order chi connectivity index (χ0) is 23.6. The molecule has 1 heterocycles. The fraction of sp³-hybridized carbons (Fsp3) is 0.273. The molecule has 1 aromatic heterocycles. The number of benzene rings is 2. The Hall–Kier alpha value is -3.24. The van der Waals surface area contributed by atoms with Gasteiger partial charge in [0.05, 0.1) is 10.6 Å². The Balaban J connectivity index is 1.75. The number of carbonyl (C=O) groups excluding carboxylic acids is 1. The summed E-state index contributed by atoms with van der Waals surface area (Å²) in [5.74, 6) is -0.749. The van der Waals surface area contributed by atoms with Crippen LogP contribution in [0.4, 0.5) is 10.1 Å². The third-order valence-corrected chi connectivity index (χ3v) is 6.95. The van der Waals surface area contributed by atoms with Crippen molar-refractivity contribution in [2.75, 3.05) is 19.4 Å². The second-order valence-corrected chi connectivity index (χ2v) is 9.80. The Labute approximate surface area is 185 Å². The molecule has 0 aliphatic carbocycles. The standard InChI is InChI=1S/C22H25FN4O4S/c1-14-5-10-18(32(30,31)26(3)4)13-20(14)24-21(28)12-11-19-15(2)25-27(22(19)29)17-8-6-16(23)7-9-17/h5-10,13,25H,11-12H2,1-4H3,(H,24,28). The molecule has 2 aromatic carbocycles. The Morgan fingerprint density at radius 3 is 2.41 bits per heavy atom. The third kappa shape index (κ3) is 4.81. The Morgan fingerprint density at radius 2 is 1.78 bits per heavy atom. The summed E-state index contributed by atoms with van der Waals surface area (Å²) in [6.07, 6.45) is 0.220. The summed E-state index contributed by atoms with van der Waals surface area (Å²) >= 11 is 0. The summed E-state index contributed by atoms with van der Waals surface area (Å²) < 4.78 is 40.3. The maximum atomic E-state index is 13.2. The van der Waals surface area contributed by atoms with Crippen molar-refractivity contribution in [1.82, 2.24) is 14.1 Å². The zero-order valence-electron chi connectivity index (χ0n) is 18.3. The van der Waals surface area contributed by atoms with Crippen LogP contribution in [0.25, 0.3) is 5.69 Å². The molecule has 0 saturated heterocycles. The number of H-pyrrole nitrogens is 1. The molecule has 0 aliphatic heterocycles. The summed E-state index contributed by atoms with van der Waals surface area (Å²) in [5.41, 5.74) is 2.36. The van der Waals surface area contributed by atoms with Gasteiger partial charge in [0.25, 0.3) is 5.56 Å². The van der Waals surface area contributed by atoms with Gasteiger partial charge in [-0.25, -0.2) is 21.8 Å². The molecule has 10 heteroatoms. The number of aryl methyl sites for hydroxylation is 2. The van der Waals surface area contributed by atoms with Crippen molar-refractivity contribution in [3.63, 3.8) is 0 Å². The number of amides is 1. The fourth-order valence-corrected chi connectivity index (χ4v) is 4.13. The van der Waals surface area contributed by atoms with E-state index >= 15 is 0 Å². The minimum atomic E-state index is -3.63. The van der Waals surface area contributed by atoms with Gasteiger partial charge in [-0.3, -0.25) is 14.7 Å². The number of carbonyl (C=O) groups is 1. The van der Waals surface area contributed by atoms with Crippen LogP contribution in [0.1, 0.15) is 23.2 Å². The van der Waals surface area contributed by atoms with Gasteiger partial charge in [0.2, 0.25) is 15.9 Å².